The largest absolute Gasteiger partial charge is 0.496 e. The SMILES string of the molecule is COc1cc2c(cc1C)CCN(CCc1ccc(-n3nnc(-c4cc(C)c(C)cc4NC(=O)c4cc(=O)c5cc(-c6ccncc6)ccc5o4)n3)cc1)C2. The van der Waals surface area contributed by atoms with Crippen molar-refractivity contribution in [2.24, 2.45) is 0 Å². The highest BCUT2D eigenvalue weighted by Crippen LogP contribution is 2.31. The van der Waals surface area contributed by atoms with Crippen LogP contribution in [0, 0.1) is 20.8 Å². The van der Waals surface area contributed by atoms with Gasteiger partial charge in [-0.2, -0.15) is 0 Å². The lowest BCUT2D eigenvalue weighted by Crippen LogP contribution is -2.32. The molecule has 11 nitrogen and oxygen atoms in total. The first-order valence-corrected chi connectivity index (χ1v) is 17.9. The van der Waals surface area contributed by atoms with E-state index in [2.05, 4.69) is 61.8 Å². The molecule has 0 spiro atoms. The topological polar surface area (TPSA) is 128 Å². The Morgan fingerprint density at radius 3 is 2.46 bits per heavy atom. The van der Waals surface area contributed by atoms with Gasteiger partial charge in [0.05, 0.1) is 23.9 Å². The number of nitrogens with one attached hydrogen (secondary N) is 1. The van der Waals surface area contributed by atoms with Crippen molar-refractivity contribution in [2.75, 3.05) is 25.5 Å². The number of tetrazole rings is 1. The molecule has 1 N–H and O–H groups in total. The van der Waals surface area contributed by atoms with Crippen LogP contribution in [-0.2, 0) is 19.4 Å². The molecule has 0 fully saturated rings. The van der Waals surface area contributed by atoms with Crippen LogP contribution in [0.2, 0.25) is 0 Å². The molecule has 0 atom stereocenters. The summed E-state index contributed by atoms with van der Waals surface area (Å²) in [5.74, 6) is 0.620. The molecule has 54 heavy (non-hydrogen) atoms. The zero-order valence-corrected chi connectivity index (χ0v) is 30.6. The van der Waals surface area contributed by atoms with Crippen LogP contribution in [0.3, 0.4) is 0 Å². The fourth-order valence-electron chi connectivity index (χ4n) is 6.97. The Kier molecular flexibility index (Phi) is 9.31. The number of amides is 1. The number of carbonyl (C=O) groups is 1. The number of rotatable bonds is 9. The van der Waals surface area contributed by atoms with E-state index >= 15 is 0 Å². The Labute approximate surface area is 312 Å². The number of hydrogen-bond donors (Lipinski definition) is 1. The number of fused-ring (bicyclic) bond motifs is 2. The second kappa shape index (κ2) is 14.5. The standard InChI is InChI=1S/C43H39N7O4/c1-26-20-35(37(21-27(26)2)45-43(52)41-24-38(51)36-22-31(7-10-39(36)54-41)30-11-15-44-16-12-30)42-46-48-50(47-42)34-8-5-29(6-9-34)13-17-49-18-14-32-19-28(3)40(53-4)23-33(32)25-49/h5-12,15-16,19-24H,13-14,17-18,25H2,1-4H3,(H,45,52). The van der Waals surface area contributed by atoms with E-state index in [-0.39, 0.29) is 11.2 Å². The Morgan fingerprint density at radius 2 is 1.67 bits per heavy atom. The Hall–Kier alpha value is -6.46. The maximum absolute atomic E-state index is 13.6. The average Bonchev–Trinajstić information content (AvgIpc) is 3.69. The third-order valence-electron chi connectivity index (χ3n) is 10.2. The van der Waals surface area contributed by atoms with Crippen molar-refractivity contribution in [3.8, 4) is 34.0 Å². The van der Waals surface area contributed by atoms with Gasteiger partial charge in [0, 0.05) is 43.7 Å². The number of anilines is 1. The van der Waals surface area contributed by atoms with Gasteiger partial charge in [-0.1, -0.05) is 24.3 Å². The van der Waals surface area contributed by atoms with Gasteiger partial charge >= 0.3 is 0 Å². The zero-order chi connectivity index (χ0) is 37.3. The summed E-state index contributed by atoms with van der Waals surface area (Å²) in [6, 6.07) is 26.7. The van der Waals surface area contributed by atoms with Crippen molar-refractivity contribution in [2.45, 2.75) is 40.2 Å². The minimum absolute atomic E-state index is 0.106. The lowest BCUT2D eigenvalue weighted by Gasteiger charge is -2.29. The lowest BCUT2D eigenvalue weighted by atomic mass is 9.96. The number of benzene rings is 4. The molecule has 0 radical (unpaired) electrons. The molecule has 7 aromatic rings. The Bertz CT molecular complexity index is 2580. The molecular weight excluding hydrogens is 679 g/mol. The van der Waals surface area contributed by atoms with E-state index in [9.17, 15) is 9.59 Å². The maximum Gasteiger partial charge on any atom is 0.291 e. The number of ether oxygens (including phenoxy) is 1. The fraction of sp³-hybridized carbons (Fsp3) is 0.209. The summed E-state index contributed by atoms with van der Waals surface area (Å²) in [5, 5.41) is 16.7. The summed E-state index contributed by atoms with van der Waals surface area (Å²) in [5.41, 5.74) is 10.7. The van der Waals surface area contributed by atoms with Crippen LogP contribution in [0.25, 0.3) is 39.2 Å². The van der Waals surface area contributed by atoms with E-state index < -0.39 is 5.91 Å². The van der Waals surface area contributed by atoms with E-state index in [0.717, 1.165) is 66.2 Å². The van der Waals surface area contributed by atoms with Gasteiger partial charge in [0.1, 0.15) is 11.3 Å². The highest BCUT2D eigenvalue weighted by molar-refractivity contribution is 6.05. The van der Waals surface area contributed by atoms with Crippen molar-refractivity contribution in [1.29, 1.82) is 0 Å². The van der Waals surface area contributed by atoms with Crippen LogP contribution >= 0.6 is 0 Å². The predicted octanol–water partition coefficient (Wildman–Crippen LogP) is 7.28. The third-order valence-corrected chi connectivity index (χ3v) is 10.2. The normalized spacial score (nSPS) is 12.8. The highest BCUT2D eigenvalue weighted by atomic mass is 16.5. The Balaban J connectivity index is 0.969. The van der Waals surface area contributed by atoms with E-state index in [0.29, 0.717) is 28.0 Å². The highest BCUT2D eigenvalue weighted by Gasteiger charge is 2.20. The van der Waals surface area contributed by atoms with Crippen LogP contribution in [0.15, 0.2) is 107 Å². The maximum atomic E-state index is 13.6. The summed E-state index contributed by atoms with van der Waals surface area (Å²) >= 11 is 0. The van der Waals surface area contributed by atoms with E-state index in [1.807, 2.05) is 56.3 Å². The quantitative estimate of drug-likeness (QED) is 0.164. The number of nitrogens with zero attached hydrogens (tertiary/aromatic N) is 6. The van der Waals surface area contributed by atoms with E-state index in [1.54, 1.807) is 31.6 Å². The molecule has 0 saturated heterocycles. The first-order valence-electron chi connectivity index (χ1n) is 17.9. The Morgan fingerprint density at radius 1 is 0.870 bits per heavy atom. The van der Waals surface area contributed by atoms with Crippen LogP contribution in [-0.4, -0.2) is 56.2 Å². The van der Waals surface area contributed by atoms with Gasteiger partial charge in [0.15, 0.2) is 11.2 Å². The van der Waals surface area contributed by atoms with Crippen molar-refractivity contribution in [1.82, 2.24) is 30.1 Å². The number of methoxy groups -OCH3 is 1. The first kappa shape index (κ1) is 34.6. The number of aromatic nitrogens is 5. The number of pyridine rings is 1. The molecular formula is C43H39N7O4. The minimum atomic E-state index is -0.566. The van der Waals surface area contributed by atoms with E-state index in [4.69, 9.17) is 9.15 Å². The molecule has 11 heteroatoms. The molecule has 0 unspecified atom stereocenters. The second-order valence-corrected chi connectivity index (χ2v) is 13.8. The number of hydrogen-bond acceptors (Lipinski definition) is 9. The fourth-order valence-corrected chi connectivity index (χ4v) is 6.97. The van der Waals surface area contributed by atoms with Gasteiger partial charge < -0.3 is 14.5 Å². The summed E-state index contributed by atoms with van der Waals surface area (Å²) in [6.07, 6.45) is 5.35. The number of carbonyl (C=O) groups excluding carboxylic acids is 1. The molecule has 1 aliphatic heterocycles. The monoisotopic (exact) mass is 717 g/mol. The number of aryl methyl sites for hydroxylation is 3. The minimum Gasteiger partial charge on any atom is -0.496 e. The van der Waals surface area contributed by atoms with Crippen molar-refractivity contribution >= 4 is 22.6 Å². The molecule has 0 aliphatic carbocycles. The van der Waals surface area contributed by atoms with Crippen LogP contribution < -0.4 is 15.5 Å². The van der Waals surface area contributed by atoms with Crippen LogP contribution in [0.5, 0.6) is 5.75 Å². The summed E-state index contributed by atoms with van der Waals surface area (Å²) in [7, 11) is 1.73. The molecule has 1 aliphatic rings. The van der Waals surface area contributed by atoms with Crippen LogP contribution in [0.4, 0.5) is 5.69 Å². The first-order chi connectivity index (χ1) is 26.2. The molecule has 0 bridgehead atoms. The van der Waals surface area contributed by atoms with Gasteiger partial charge in [0.25, 0.3) is 5.91 Å². The molecule has 0 saturated carbocycles. The molecule has 1 amide bonds. The van der Waals surface area contributed by atoms with Crippen molar-refractivity contribution < 1.29 is 13.9 Å². The smallest absolute Gasteiger partial charge is 0.291 e. The molecule has 3 aromatic heterocycles. The van der Waals surface area contributed by atoms with Crippen LogP contribution in [0.1, 0.15) is 43.9 Å². The predicted molar refractivity (Wildman–Crippen MR) is 208 cm³/mol. The van der Waals surface area contributed by atoms with Gasteiger partial charge in [-0.3, -0.25) is 19.5 Å². The molecule has 4 aromatic carbocycles. The van der Waals surface area contributed by atoms with Gasteiger partial charge in [-0.25, -0.2) is 0 Å². The summed E-state index contributed by atoms with van der Waals surface area (Å²) in [6.45, 7) is 8.95. The van der Waals surface area contributed by atoms with Gasteiger partial charge in [-0.05, 0) is 138 Å². The molecule has 8 rings (SSSR count). The van der Waals surface area contributed by atoms with E-state index in [1.165, 1.54) is 33.1 Å². The van der Waals surface area contributed by atoms with Crippen molar-refractivity contribution in [3.05, 3.63) is 147 Å². The lowest BCUT2D eigenvalue weighted by molar-refractivity contribution is 0.0997. The summed E-state index contributed by atoms with van der Waals surface area (Å²) in [4.78, 5) is 34.8. The van der Waals surface area contributed by atoms with Crippen molar-refractivity contribution in [3.63, 3.8) is 0 Å². The van der Waals surface area contributed by atoms with Gasteiger partial charge in [-0.15, -0.1) is 15.0 Å². The third kappa shape index (κ3) is 7.01. The average molecular weight is 718 g/mol. The second-order valence-electron chi connectivity index (χ2n) is 13.8. The zero-order valence-electron chi connectivity index (χ0n) is 30.6. The molecule has 4 heterocycles. The van der Waals surface area contributed by atoms with Gasteiger partial charge in [0.2, 0.25) is 5.82 Å². The summed E-state index contributed by atoms with van der Waals surface area (Å²) < 4.78 is 11.5. The molecule has 270 valence electrons.